The van der Waals surface area contributed by atoms with Gasteiger partial charge in [-0.25, -0.2) is 4.39 Å². The first kappa shape index (κ1) is 16.6. The molecule has 0 saturated carbocycles. The number of pyridine rings is 2. The highest BCUT2D eigenvalue weighted by atomic mass is 19.1. The maximum Gasteiger partial charge on any atom is 0.270 e. The van der Waals surface area contributed by atoms with Gasteiger partial charge in [0.2, 0.25) is 0 Å². The third-order valence-electron chi connectivity index (χ3n) is 3.61. The molecule has 0 fully saturated rings. The van der Waals surface area contributed by atoms with Crippen LogP contribution in [-0.2, 0) is 13.1 Å². The lowest BCUT2D eigenvalue weighted by molar-refractivity contribution is 0.0945. The SMILES string of the molecule is O=C(NCc1ccccc1F)c1cc(NCc2cccnc2)ccn1. The molecule has 0 aliphatic rings. The molecule has 0 radical (unpaired) electrons. The lowest BCUT2D eigenvalue weighted by Crippen LogP contribution is -2.24. The molecule has 2 aromatic heterocycles. The van der Waals surface area contributed by atoms with Crippen molar-refractivity contribution >= 4 is 11.6 Å². The van der Waals surface area contributed by atoms with E-state index in [1.54, 1.807) is 48.9 Å². The van der Waals surface area contributed by atoms with Crippen LogP contribution >= 0.6 is 0 Å². The second kappa shape index (κ2) is 8.01. The van der Waals surface area contributed by atoms with E-state index in [-0.39, 0.29) is 24.0 Å². The molecule has 0 atom stereocenters. The summed E-state index contributed by atoms with van der Waals surface area (Å²) in [5, 5.41) is 5.90. The van der Waals surface area contributed by atoms with Gasteiger partial charge in [0.25, 0.3) is 5.91 Å². The molecule has 126 valence electrons. The van der Waals surface area contributed by atoms with Crippen LogP contribution in [0.15, 0.2) is 67.1 Å². The van der Waals surface area contributed by atoms with Gasteiger partial charge in [0, 0.05) is 42.9 Å². The molecule has 0 spiro atoms. The van der Waals surface area contributed by atoms with E-state index in [1.807, 2.05) is 12.1 Å². The molecule has 1 amide bonds. The largest absolute Gasteiger partial charge is 0.381 e. The van der Waals surface area contributed by atoms with Gasteiger partial charge in [-0.3, -0.25) is 14.8 Å². The topological polar surface area (TPSA) is 66.9 Å². The molecule has 5 nitrogen and oxygen atoms in total. The Morgan fingerprint density at radius 2 is 1.92 bits per heavy atom. The van der Waals surface area contributed by atoms with E-state index >= 15 is 0 Å². The summed E-state index contributed by atoms with van der Waals surface area (Å²) >= 11 is 0. The molecule has 1 aromatic carbocycles. The lowest BCUT2D eigenvalue weighted by Gasteiger charge is -2.09. The molecule has 6 heteroatoms. The van der Waals surface area contributed by atoms with Crippen molar-refractivity contribution in [3.05, 3.63) is 89.8 Å². The number of amides is 1. The molecule has 0 unspecified atom stereocenters. The van der Waals surface area contributed by atoms with Gasteiger partial charge in [-0.1, -0.05) is 24.3 Å². The molecule has 3 rings (SSSR count). The number of carbonyl (C=O) groups excluding carboxylic acids is 1. The van der Waals surface area contributed by atoms with E-state index in [0.717, 1.165) is 11.3 Å². The third kappa shape index (κ3) is 4.60. The van der Waals surface area contributed by atoms with Crippen LogP contribution in [-0.4, -0.2) is 15.9 Å². The fraction of sp³-hybridized carbons (Fsp3) is 0.105. The van der Waals surface area contributed by atoms with Crippen molar-refractivity contribution in [1.82, 2.24) is 15.3 Å². The van der Waals surface area contributed by atoms with Crippen molar-refractivity contribution in [3.8, 4) is 0 Å². The van der Waals surface area contributed by atoms with Gasteiger partial charge in [0.1, 0.15) is 11.5 Å². The average Bonchev–Trinajstić information content (AvgIpc) is 2.66. The highest BCUT2D eigenvalue weighted by Gasteiger charge is 2.09. The second-order valence-corrected chi connectivity index (χ2v) is 5.42. The summed E-state index contributed by atoms with van der Waals surface area (Å²) in [7, 11) is 0. The Labute approximate surface area is 145 Å². The van der Waals surface area contributed by atoms with E-state index in [2.05, 4.69) is 20.6 Å². The number of nitrogens with one attached hydrogen (secondary N) is 2. The number of benzene rings is 1. The Hall–Kier alpha value is -3.28. The number of rotatable bonds is 6. The standard InChI is InChI=1S/C19H17FN4O/c20-17-6-2-1-5-15(17)13-24-19(25)18-10-16(7-9-22-18)23-12-14-4-3-8-21-11-14/h1-11H,12-13H2,(H,22,23)(H,24,25). The number of nitrogens with zero attached hydrogens (tertiary/aromatic N) is 2. The predicted molar refractivity (Wildman–Crippen MR) is 93.4 cm³/mol. The summed E-state index contributed by atoms with van der Waals surface area (Å²) < 4.78 is 13.6. The van der Waals surface area contributed by atoms with E-state index in [9.17, 15) is 9.18 Å². The quantitative estimate of drug-likeness (QED) is 0.726. The minimum atomic E-state index is -0.353. The highest BCUT2D eigenvalue weighted by Crippen LogP contribution is 2.11. The monoisotopic (exact) mass is 336 g/mol. The smallest absolute Gasteiger partial charge is 0.270 e. The van der Waals surface area contributed by atoms with Crippen LogP contribution in [0.1, 0.15) is 21.6 Å². The summed E-state index contributed by atoms with van der Waals surface area (Å²) in [6, 6.07) is 13.6. The van der Waals surface area contributed by atoms with Crippen LogP contribution in [0.4, 0.5) is 10.1 Å². The molecule has 3 aromatic rings. The first-order chi connectivity index (χ1) is 12.2. The van der Waals surface area contributed by atoms with Gasteiger partial charge in [0.15, 0.2) is 0 Å². The number of halogens is 1. The molecular weight excluding hydrogens is 319 g/mol. The van der Waals surface area contributed by atoms with Crippen LogP contribution < -0.4 is 10.6 Å². The molecule has 0 aliphatic heterocycles. The Morgan fingerprint density at radius 1 is 1.04 bits per heavy atom. The van der Waals surface area contributed by atoms with E-state index in [4.69, 9.17) is 0 Å². The van der Waals surface area contributed by atoms with Crippen LogP contribution in [0.25, 0.3) is 0 Å². The van der Waals surface area contributed by atoms with Crippen molar-refractivity contribution in [1.29, 1.82) is 0 Å². The normalized spacial score (nSPS) is 10.3. The molecular formula is C19H17FN4O. The Bertz CT molecular complexity index is 855. The maximum atomic E-state index is 13.6. The van der Waals surface area contributed by atoms with Crippen LogP contribution in [0.2, 0.25) is 0 Å². The number of hydrogen-bond acceptors (Lipinski definition) is 4. The van der Waals surface area contributed by atoms with Crippen molar-refractivity contribution in [2.45, 2.75) is 13.1 Å². The Morgan fingerprint density at radius 3 is 2.72 bits per heavy atom. The second-order valence-electron chi connectivity index (χ2n) is 5.42. The van der Waals surface area contributed by atoms with Crippen molar-refractivity contribution in [2.75, 3.05) is 5.32 Å². The first-order valence-electron chi connectivity index (χ1n) is 7.83. The maximum absolute atomic E-state index is 13.6. The predicted octanol–water partition coefficient (Wildman–Crippen LogP) is 3.16. The van der Waals surface area contributed by atoms with Crippen molar-refractivity contribution in [3.63, 3.8) is 0 Å². The fourth-order valence-electron chi connectivity index (χ4n) is 2.28. The van der Waals surface area contributed by atoms with Gasteiger partial charge in [0.05, 0.1) is 0 Å². The minimum absolute atomic E-state index is 0.112. The van der Waals surface area contributed by atoms with Crippen LogP contribution in [0.3, 0.4) is 0 Å². The summed E-state index contributed by atoms with van der Waals surface area (Å²) in [4.78, 5) is 20.3. The van der Waals surface area contributed by atoms with Gasteiger partial charge >= 0.3 is 0 Å². The molecule has 2 N–H and O–H groups in total. The lowest BCUT2D eigenvalue weighted by atomic mass is 10.2. The van der Waals surface area contributed by atoms with E-state index in [0.29, 0.717) is 12.1 Å². The van der Waals surface area contributed by atoms with Gasteiger partial charge in [-0.05, 0) is 29.8 Å². The number of anilines is 1. The third-order valence-corrected chi connectivity index (χ3v) is 3.61. The molecule has 0 aliphatic carbocycles. The van der Waals surface area contributed by atoms with Crippen LogP contribution in [0, 0.1) is 5.82 Å². The fourth-order valence-corrected chi connectivity index (χ4v) is 2.28. The number of aromatic nitrogens is 2. The Balaban J connectivity index is 1.60. The molecule has 0 bridgehead atoms. The van der Waals surface area contributed by atoms with Crippen molar-refractivity contribution < 1.29 is 9.18 Å². The van der Waals surface area contributed by atoms with E-state index < -0.39 is 0 Å². The zero-order valence-electron chi connectivity index (χ0n) is 13.4. The first-order valence-corrected chi connectivity index (χ1v) is 7.83. The summed E-state index contributed by atoms with van der Waals surface area (Å²) in [6.07, 6.45) is 5.05. The van der Waals surface area contributed by atoms with Crippen LogP contribution in [0.5, 0.6) is 0 Å². The zero-order valence-corrected chi connectivity index (χ0v) is 13.4. The molecule has 25 heavy (non-hydrogen) atoms. The average molecular weight is 336 g/mol. The Kier molecular flexibility index (Phi) is 5.31. The highest BCUT2D eigenvalue weighted by molar-refractivity contribution is 5.93. The molecule has 2 heterocycles. The number of carbonyl (C=O) groups is 1. The summed E-state index contributed by atoms with van der Waals surface area (Å²) in [5.41, 5.74) is 2.51. The van der Waals surface area contributed by atoms with Gasteiger partial charge in [-0.15, -0.1) is 0 Å². The van der Waals surface area contributed by atoms with E-state index in [1.165, 1.54) is 6.07 Å². The zero-order chi connectivity index (χ0) is 17.5. The van der Waals surface area contributed by atoms with Crippen molar-refractivity contribution in [2.24, 2.45) is 0 Å². The molecule has 0 saturated heterocycles. The summed E-state index contributed by atoms with van der Waals surface area (Å²) in [5.74, 6) is -0.698. The number of hydrogen-bond donors (Lipinski definition) is 2. The minimum Gasteiger partial charge on any atom is -0.381 e. The van der Waals surface area contributed by atoms with Gasteiger partial charge < -0.3 is 10.6 Å². The van der Waals surface area contributed by atoms with Gasteiger partial charge in [-0.2, -0.15) is 0 Å². The summed E-state index contributed by atoms with van der Waals surface area (Å²) in [6.45, 7) is 0.703.